The predicted octanol–water partition coefficient (Wildman–Crippen LogP) is 2.37. The molecule has 1 fully saturated rings. The van der Waals surface area contributed by atoms with Crippen LogP contribution in [0.25, 0.3) is 16.8 Å². The van der Waals surface area contributed by atoms with Crippen LogP contribution in [0.4, 0.5) is 5.82 Å². The summed E-state index contributed by atoms with van der Waals surface area (Å²) in [4.78, 5) is 11.4. The van der Waals surface area contributed by atoms with Gasteiger partial charge in [0.15, 0.2) is 0 Å². The highest BCUT2D eigenvalue weighted by molar-refractivity contribution is 7.92. The average molecular weight is 426 g/mol. The molecule has 9 nitrogen and oxygen atoms in total. The molecule has 0 bridgehead atoms. The molecule has 0 atom stereocenters. The number of anilines is 1. The number of piperidine rings is 1. The van der Waals surface area contributed by atoms with E-state index in [1.807, 2.05) is 12.1 Å². The first-order valence-corrected chi connectivity index (χ1v) is 11.9. The third kappa shape index (κ3) is 4.07. The fourth-order valence-corrected chi connectivity index (χ4v) is 4.58. The Bertz CT molecular complexity index is 1220. The molecule has 10 heteroatoms. The first kappa shape index (κ1) is 20.1. The average Bonchev–Trinajstić information content (AvgIpc) is 3.16. The van der Waals surface area contributed by atoms with E-state index >= 15 is 0 Å². The highest BCUT2D eigenvalue weighted by atomic mass is 32.2. The Morgan fingerprint density at radius 1 is 1.27 bits per heavy atom. The second-order valence-corrected chi connectivity index (χ2v) is 10.1. The topological polar surface area (TPSA) is 109 Å². The van der Waals surface area contributed by atoms with E-state index in [2.05, 4.69) is 30.4 Å². The van der Waals surface area contributed by atoms with Crippen molar-refractivity contribution in [3.63, 3.8) is 0 Å². The summed E-state index contributed by atoms with van der Waals surface area (Å²) in [6.07, 6.45) is 10.0. The number of aromatic nitrogens is 4. The number of nitriles is 1. The molecule has 0 radical (unpaired) electrons. The molecule has 0 amide bonds. The number of ether oxygens (including phenoxy) is 1. The summed E-state index contributed by atoms with van der Waals surface area (Å²) in [6, 6.07) is 6.20. The zero-order valence-electron chi connectivity index (χ0n) is 17.1. The van der Waals surface area contributed by atoms with Crippen LogP contribution in [0.3, 0.4) is 0 Å². The lowest BCUT2D eigenvalue weighted by atomic mass is 10.1. The number of fused-ring (bicyclic) bond motifs is 1. The smallest absolute Gasteiger partial charge is 0.232 e. The van der Waals surface area contributed by atoms with Gasteiger partial charge in [-0.2, -0.15) is 10.4 Å². The SMILES string of the molecule is COc1cn2ncc(C#N)c2c(-c2ccc(N3CCC(N=S(C)(C)=O)CC3)nc2)n1. The summed E-state index contributed by atoms with van der Waals surface area (Å²) >= 11 is 0. The molecule has 30 heavy (non-hydrogen) atoms. The fraction of sp³-hybridized carbons (Fsp3) is 0.400. The highest BCUT2D eigenvalue weighted by Crippen LogP contribution is 2.29. The molecule has 0 N–H and O–H groups in total. The minimum Gasteiger partial charge on any atom is -0.480 e. The van der Waals surface area contributed by atoms with Crippen molar-refractivity contribution < 1.29 is 8.95 Å². The third-order valence-corrected chi connectivity index (χ3v) is 5.82. The molecule has 3 aromatic rings. The zero-order chi connectivity index (χ0) is 21.3. The standard InChI is InChI=1S/C20H23N7O2S/c1-29-18-13-27-20(15(10-21)12-23-27)19(24-18)14-4-5-17(22-11-14)26-8-6-16(7-9-26)25-30(2,3)28/h4-5,11-13,16H,6-9H2,1-3H3. The lowest BCUT2D eigenvalue weighted by Gasteiger charge is -2.31. The number of hydrogen-bond acceptors (Lipinski definition) is 8. The van der Waals surface area contributed by atoms with E-state index in [-0.39, 0.29) is 6.04 Å². The molecule has 0 aliphatic carbocycles. The monoisotopic (exact) mass is 425 g/mol. The lowest BCUT2D eigenvalue weighted by molar-refractivity contribution is 0.395. The number of hydrogen-bond donors (Lipinski definition) is 0. The van der Waals surface area contributed by atoms with Gasteiger partial charge in [-0.3, -0.25) is 4.21 Å². The van der Waals surface area contributed by atoms with Gasteiger partial charge in [-0.25, -0.2) is 18.8 Å². The van der Waals surface area contributed by atoms with Crippen molar-refractivity contribution in [1.29, 1.82) is 5.26 Å². The van der Waals surface area contributed by atoms with E-state index < -0.39 is 9.73 Å². The normalized spacial score (nSPS) is 15.2. The molecule has 1 aliphatic heterocycles. The van der Waals surface area contributed by atoms with Crippen molar-refractivity contribution in [2.75, 3.05) is 37.6 Å². The molecule has 0 aromatic carbocycles. The van der Waals surface area contributed by atoms with Gasteiger partial charge in [0.05, 0.1) is 25.5 Å². The zero-order valence-corrected chi connectivity index (χ0v) is 18.0. The van der Waals surface area contributed by atoms with E-state index in [9.17, 15) is 9.47 Å². The Kier molecular flexibility index (Phi) is 5.30. The molecule has 156 valence electrons. The van der Waals surface area contributed by atoms with Gasteiger partial charge in [0, 0.05) is 47.1 Å². The second kappa shape index (κ2) is 7.91. The number of nitrogens with zero attached hydrogens (tertiary/aromatic N) is 7. The van der Waals surface area contributed by atoms with Gasteiger partial charge < -0.3 is 9.64 Å². The van der Waals surface area contributed by atoms with Crippen molar-refractivity contribution in [2.24, 2.45) is 4.36 Å². The maximum Gasteiger partial charge on any atom is 0.232 e. The molecule has 0 unspecified atom stereocenters. The van der Waals surface area contributed by atoms with Crippen LogP contribution in [0.2, 0.25) is 0 Å². The van der Waals surface area contributed by atoms with E-state index in [0.29, 0.717) is 22.7 Å². The Balaban J connectivity index is 1.60. The molecule has 1 saturated heterocycles. The quantitative estimate of drug-likeness (QED) is 0.631. The van der Waals surface area contributed by atoms with E-state index in [1.54, 1.807) is 36.5 Å². The van der Waals surface area contributed by atoms with Crippen molar-refractivity contribution in [1.82, 2.24) is 19.6 Å². The van der Waals surface area contributed by atoms with Gasteiger partial charge in [-0.1, -0.05) is 0 Å². The molecule has 4 heterocycles. The number of pyridine rings is 1. The van der Waals surface area contributed by atoms with Crippen LogP contribution in [0.1, 0.15) is 18.4 Å². The summed E-state index contributed by atoms with van der Waals surface area (Å²) in [5.41, 5.74) is 2.44. The Morgan fingerprint density at radius 3 is 2.63 bits per heavy atom. The predicted molar refractivity (Wildman–Crippen MR) is 115 cm³/mol. The first-order valence-electron chi connectivity index (χ1n) is 9.58. The minimum atomic E-state index is -2.07. The van der Waals surface area contributed by atoms with Crippen molar-refractivity contribution in [3.8, 4) is 23.2 Å². The van der Waals surface area contributed by atoms with Crippen molar-refractivity contribution in [3.05, 3.63) is 36.3 Å². The van der Waals surface area contributed by atoms with E-state index in [0.717, 1.165) is 37.3 Å². The molecule has 0 saturated carbocycles. The van der Waals surface area contributed by atoms with Gasteiger partial charge in [0.2, 0.25) is 5.88 Å². The fourth-order valence-electron chi connectivity index (χ4n) is 3.65. The van der Waals surface area contributed by atoms with Crippen LogP contribution in [0.15, 0.2) is 35.1 Å². The molecule has 3 aromatic heterocycles. The van der Waals surface area contributed by atoms with Crippen LogP contribution < -0.4 is 9.64 Å². The lowest BCUT2D eigenvalue weighted by Crippen LogP contribution is -2.36. The Hall–Kier alpha value is -3.19. The second-order valence-electron chi connectivity index (χ2n) is 7.51. The molecule has 0 spiro atoms. The maximum absolute atomic E-state index is 11.9. The number of rotatable bonds is 4. The minimum absolute atomic E-state index is 0.142. The molecular weight excluding hydrogens is 402 g/mol. The molecular formula is C20H23N7O2S. The van der Waals surface area contributed by atoms with Gasteiger partial charge in [-0.15, -0.1) is 0 Å². The van der Waals surface area contributed by atoms with Crippen LogP contribution in [-0.2, 0) is 9.73 Å². The third-order valence-electron chi connectivity index (χ3n) is 5.02. The van der Waals surface area contributed by atoms with Gasteiger partial charge in [-0.05, 0) is 25.0 Å². The van der Waals surface area contributed by atoms with Crippen LogP contribution >= 0.6 is 0 Å². The molecule has 1 aliphatic rings. The van der Waals surface area contributed by atoms with Crippen molar-refractivity contribution in [2.45, 2.75) is 18.9 Å². The Morgan fingerprint density at radius 2 is 2.03 bits per heavy atom. The van der Waals surface area contributed by atoms with Crippen molar-refractivity contribution >= 4 is 21.1 Å². The summed E-state index contributed by atoms with van der Waals surface area (Å²) in [5, 5.41) is 13.6. The summed E-state index contributed by atoms with van der Waals surface area (Å²) < 4.78 is 23.2. The summed E-state index contributed by atoms with van der Waals surface area (Å²) in [5.74, 6) is 1.28. The highest BCUT2D eigenvalue weighted by Gasteiger charge is 2.21. The van der Waals surface area contributed by atoms with Crippen LogP contribution in [-0.4, -0.2) is 62.5 Å². The van der Waals surface area contributed by atoms with Gasteiger partial charge in [0.1, 0.15) is 28.7 Å². The molecule has 4 rings (SSSR count). The van der Waals surface area contributed by atoms with E-state index in [1.165, 1.54) is 6.20 Å². The summed E-state index contributed by atoms with van der Waals surface area (Å²) in [7, 11) is -0.532. The Labute approximate surface area is 175 Å². The largest absolute Gasteiger partial charge is 0.480 e. The van der Waals surface area contributed by atoms with Crippen LogP contribution in [0, 0.1) is 11.3 Å². The van der Waals surface area contributed by atoms with Gasteiger partial charge in [0.25, 0.3) is 0 Å². The van der Waals surface area contributed by atoms with Crippen LogP contribution in [0.5, 0.6) is 5.88 Å². The maximum atomic E-state index is 11.9. The first-order chi connectivity index (χ1) is 14.4. The van der Waals surface area contributed by atoms with E-state index in [4.69, 9.17) is 4.74 Å². The van der Waals surface area contributed by atoms with Gasteiger partial charge >= 0.3 is 0 Å². The number of methoxy groups -OCH3 is 1. The summed E-state index contributed by atoms with van der Waals surface area (Å²) in [6.45, 7) is 1.64.